The van der Waals surface area contributed by atoms with Crippen molar-refractivity contribution in [1.82, 2.24) is 4.72 Å². The second-order valence-electron chi connectivity index (χ2n) is 7.25. The molecular formula is C20H34ClNO3S. The smallest absolute Gasteiger partial charge is 0.240 e. The Hall–Kier alpha value is -0.620. The number of benzene rings is 1. The van der Waals surface area contributed by atoms with E-state index in [4.69, 9.17) is 11.6 Å². The molecule has 6 heteroatoms. The van der Waals surface area contributed by atoms with E-state index in [-0.39, 0.29) is 10.8 Å². The molecule has 0 heterocycles. The molecule has 0 bridgehead atoms. The molecule has 0 aliphatic rings. The van der Waals surface area contributed by atoms with Crippen molar-refractivity contribution < 1.29 is 13.5 Å². The monoisotopic (exact) mass is 403 g/mol. The van der Waals surface area contributed by atoms with Crippen LogP contribution in [0, 0.1) is 5.92 Å². The maximum atomic E-state index is 12.9. The summed E-state index contributed by atoms with van der Waals surface area (Å²) in [5.41, 5.74) is -1.04. The molecule has 4 nitrogen and oxygen atoms in total. The normalized spacial score (nSPS) is 15.0. The average molecular weight is 404 g/mol. The Morgan fingerprint density at radius 1 is 1.08 bits per heavy atom. The van der Waals surface area contributed by atoms with Crippen molar-refractivity contribution in [3.8, 4) is 0 Å². The summed E-state index contributed by atoms with van der Waals surface area (Å²) < 4.78 is 28.6. The van der Waals surface area contributed by atoms with Gasteiger partial charge in [0.2, 0.25) is 10.0 Å². The van der Waals surface area contributed by atoms with Crippen LogP contribution in [0.2, 0.25) is 5.02 Å². The summed E-state index contributed by atoms with van der Waals surface area (Å²) in [6.07, 6.45) is 5.65. The van der Waals surface area contributed by atoms with Crippen LogP contribution in [0.3, 0.4) is 0 Å². The lowest BCUT2D eigenvalue weighted by atomic mass is 9.78. The minimum atomic E-state index is -3.73. The topological polar surface area (TPSA) is 66.4 Å². The van der Waals surface area contributed by atoms with Gasteiger partial charge in [-0.1, -0.05) is 71.4 Å². The maximum Gasteiger partial charge on any atom is 0.240 e. The lowest BCUT2D eigenvalue weighted by molar-refractivity contribution is -0.0274. The Balaban J connectivity index is 3.19. The third kappa shape index (κ3) is 6.52. The van der Waals surface area contributed by atoms with Gasteiger partial charge >= 0.3 is 0 Å². The molecule has 0 saturated carbocycles. The summed E-state index contributed by atoms with van der Waals surface area (Å²) in [6, 6.07) is 5.60. The van der Waals surface area contributed by atoms with Gasteiger partial charge in [-0.3, -0.25) is 0 Å². The quantitative estimate of drug-likeness (QED) is 0.507. The van der Waals surface area contributed by atoms with Gasteiger partial charge in [-0.15, -0.1) is 0 Å². The van der Waals surface area contributed by atoms with Gasteiger partial charge in [-0.05, 0) is 43.0 Å². The molecule has 0 aromatic heterocycles. The lowest BCUT2D eigenvalue weighted by Gasteiger charge is -2.40. The standard InChI is InChI=1S/C20H34ClNO3S/c1-5-8-14-20(23,15-9-6-2)19(16(4)7-3)22-26(24,25)18-12-10-17(21)11-13-18/h10-13,16,19,22-23H,5-9,14-15H2,1-4H3/t16-,19-/m0/s1. The Morgan fingerprint density at radius 3 is 2.00 bits per heavy atom. The van der Waals surface area contributed by atoms with Crippen molar-refractivity contribution >= 4 is 21.6 Å². The van der Waals surface area contributed by atoms with Crippen LogP contribution < -0.4 is 4.72 Å². The second-order valence-corrected chi connectivity index (χ2v) is 9.40. The van der Waals surface area contributed by atoms with Gasteiger partial charge in [0.15, 0.2) is 0 Å². The van der Waals surface area contributed by atoms with E-state index in [9.17, 15) is 13.5 Å². The van der Waals surface area contributed by atoms with Crippen molar-refractivity contribution in [3.63, 3.8) is 0 Å². The number of unbranched alkanes of at least 4 members (excludes halogenated alkanes) is 2. The number of rotatable bonds is 12. The molecule has 0 saturated heterocycles. The van der Waals surface area contributed by atoms with Gasteiger partial charge < -0.3 is 5.11 Å². The van der Waals surface area contributed by atoms with E-state index in [1.807, 2.05) is 13.8 Å². The molecule has 0 fully saturated rings. The number of hydrogen-bond acceptors (Lipinski definition) is 3. The first-order valence-corrected chi connectivity index (χ1v) is 11.6. The first-order valence-electron chi connectivity index (χ1n) is 9.70. The molecule has 1 aromatic rings. The number of aliphatic hydroxyl groups is 1. The highest BCUT2D eigenvalue weighted by molar-refractivity contribution is 7.89. The fourth-order valence-electron chi connectivity index (χ4n) is 3.24. The van der Waals surface area contributed by atoms with Gasteiger partial charge in [0.1, 0.15) is 0 Å². The summed E-state index contributed by atoms with van der Waals surface area (Å²) in [4.78, 5) is 0.170. The Morgan fingerprint density at radius 2 is 1.58 bits per heavy atom. The van der Waals surface area contributed by atoms with E-state index >= 15 is 0 Å². The van der Waals surface area contributed by atoms with Crippen molar-refractivity contribution in [2.75, 3.05) is 0 Å². The van der Waals surface area contributed by atoms with Gasteiger partial charge in [-0.25, -0.2) is 13.1 Å². The molecule has 0 amide bonds. The SMILES string of the molecule is CCCCC(O)(CCCC)[C@@H](NS(=O)(=O)c1ccc(Cl)cc1)[C@@H](C)CC. The minimum Gasteiger partial charge on any atom is -0.388 e. The predicted molar refractivity (Wildman–Crippen MR) is 109 cm³/mol. The molecule has 26 heavy (non-hydrogen) atoms. The molecular weight excluding hydrogens is 370 g/mol. The summed E-state index contributed by atoms with van der Waals surface area (Å²) in [5, 5.41) is 11.9. The van der Waals surface area contributed by atoms with Crippen molar-refractivity contribution in [3.05, 3.63) is 29.3 Å². The van der Waals surface area contributed by atoms with Gasteiger partial charge in [0.25, 0.3) is 0 Å². The largest absolute Gasteiger partial charge is 0.388 e. The number of halogens is 1. The van der Waals surface area contributed by atoms with E-state index in [0.29, 0.717) is 17.9 Å². The zero-order valence-electron chi connectivity index (χ0n) is 16.5. The summed E-state index contributed by atoms with van der Waals surface area (Å²) in [7, 11) is -3.73. The Kier molecular flexibility index (Phi) is 9.59. The predicted octanol–water partition coefficient (Wildman–Crippen LogP) is 5.14. The van der Waals surface area contributed by atoms with E-state index < -0.39 is 21.7 Å². The lowest BCUT2D eigenvalue weighted by Crippen LogP contribution is -2.55. The zero-order chi connectivity index (χ0) is 19.8. The fraction of sp³-hybridized carbons (Fsp3) is 0.700. The van der Waals surface area contributed by atoms with E-state index in [1.54, 1.807) is 12.1 Å². The van der Waals surface area contributed by atoms with Crippen LogP contribution in [0.25, 0.3) is 0 Å². The Labute approximate surface area is 164 Å². The third-order valence-corrected chi connectivity index (χ3v) is 6.83. The average Bonchev–Trinajstić information content (AvgIpc) is 2.62. The van der Waals surface area contributed by atoms with Gasteiger partial charge in [0.05, 0.1) is 16.5 Å². The molecule has 2 N–H and O–H groups in total. The second kappa shape index (κ2) is 10.6. The summed E-state index contributed by atoms with van der Waals surface area (Å²) >= 11 is 5.87. The van der Waals surface area contributed by atoms with E-state index in [2.05, 4.69) is 18.6 Å². The number of hydrogen-bond donors (Lipinski definition) is 2. The molecule has 0 aliphatic heterocycles. The maximum absolute atomic E-state index is 12.9. The third-order valence-electron chi connectivity index (χ3n) is 5.12. The Bertz CT molecular complexity index is 623. The van der Waals surface area contributed by atoms with E-state index in [1.165, 1.54) is 12.1 Å². The zero-order valence-corrected chi connectivity index (χ0v) is 18.0. The number of sulfonamides is 1. The van der Waals surface area contributed by atoms with Crippen LogP contribution in [-0.4, -0.2) is 25.2 Å². The van der Waals surface area contributed by atoms with Crippen LogP contribution in [0.15, 0.2) is 29.2 Å². The molecule has 0 unspecified atom stereocenters. The molecule has 150 valence electrons. The summed E-state index contributed by atoms with van der Waals surface area (Å²) in [6.45, 7) is 8.18. The van der Waals surface area contributed by atoms with Crippen LogP contribution in [0.1, 0.15) is 72.6 Å². The van der Waals surface area contributed by atoms with E-state index in [0.717, 1.165) is 32.1 Å². The molecule has 2 atom stereocenters. The highest BCUT2D eigenvalue weighted by Crippen LogP contribution is 2.32. The molecule has 0 spiro atoms. The van der Waals surface area contributed by atoms with Crippen molar-refractivity contribution in [1.29, 1.82) is 0 Å². The van der Waals surface area contributed by atoms with Crippen LogP contribution in [0.4, 0.5) is 0 Å². The van der Waals surface area contributed by atoms with Crippen LogP contribution >= 0.6 is 11.6 Å². The molecule has 0 radical (unpaired) electrons. The first-order chi connectivity index (χ1) is 12.2. The highest BCUT2D eigenvalue weighted by atomic mass is 35.5. The van der Waals surface area contributed by atoms with Crippen LogP contribution in [0.5, 0.6) is 0 Å². The highest BCUT2D eigenvalue weighted by Gasteiger charge is 2.40. The van der Waals surface area contributed by atoms with Gasteiger partial charge in [0, 0.05) is 5.02 Å². The van der Waals surface area contributed by atoms with Gasteiger partial charge in [-0.2, -0.15) is 0 Å². The molecule has 1 aromatic carbocycles. The fourth-order valence-corrected chi connectivity index (χ4v) is 4.78. The first kappa shape index (κ1) is 23.4. The molecule has 1 rings (SSSR count). The molecule has 0 aliphatic carbocycles. The number of nitrogens with one attached hydrogen (secondary N) is 1. The van der Waals surface area contributed by atoms with Crippen molar-refractivity contribution in [2.45, 2.75) is 89.2 Å². The van der Waals surface area contributed by atoms with Crippen LogP contribution in [-0.2, 0) is 10.0 Å². The van der Waals surface area contributed by atoms with Crippen molar-refractivity contribution in [2.24, 2.45) is 5.92 Å². The summed E-state index contributed by atoms with van der Waals surface area (Å²) in [5.74, 6) is 0.0239. The minimum absolute atomic E-state index is 0.0239.